The van der Waals surface area contributed by atoms with Gasteiger partial charge in [0.15, 0.2) is 0 Å². The Balaban J connectivity index is 1.18. The summed E-state index contributed by atoms with van der Waals surface area (Å²) >= 11 is 0. The molecule has 2 fully saturated rings. The number of halogens is 1. The molecule has 2 aliphatic heterocycles. The quantitative estimate of drug-likeness (QED) is 0.557. The number of hydrogen-bond acceptors (Lipinski definition) is 6. The molecular formula is C24H25FN6O3. The molecule has 1 atom stereocenters. The molecule has 0 radical (unpaired) electrons. The maximum atomic E-state index is 15.0. The molecule has 0 unspecified atom stereocenters. The minimum Gasteiger partial charge on any atom is -0.442 e. The second kappa shape index (κ2) is 9.50. The average molecular weight is 465 g/mol. The van der Waals surface area contributed by atoms with E-state index in [1.165, 1.54) is 11.0 Å². The van der Waals surface area contributed by atoms with Crippen LogP contribution in [0.5, 0.6) is 0 Å². The molecule has 2 aliphatic rings. The highest BCUT2D eigenvalue weighted by Gasteiger charge is 2.33. The number of aromatic nitrogens is 3. The van der Waals surface area contributed by atoms with Crippen LogP contribution in [0.3, 0.4) is 0 Å². The first-order valence-corrected chi connectivity index (χ1v) is 11.3. The first-order valence-electron chi connectivity index (χ1n) is 11.3. The van der Waals surface area contributed by atoms with Crippen molar-refractivity contribution < 1.29 is 18.7 Å². The van der Waals surface area contributed by atoms with Crippen molar-refractivity contribution in [1.82, 2.24) is 19.9 Å². The molecule has 1 aromatic heterocycles. The fourth-order valence-corrected chi connectivity index (χ4v) is 4.37. The van der Waals surface area contributed by atoms with Crippen LogP contribution < -0.4 is 9.80 Å². The zero-order chi connectivity index (χ0) is 23.5. The number of piperazine rings is 1. The molecule has 0 spiro atoms. The number of carbonyl (C=O) groups excluding carboxylic acids is 2. The van der Waals surface area contributed by atoms with Gasteiger partial charge in [0.1, 0.15) is 11.9 Å². The Morgan fingerprint density at radius 2 is 1.88 bits per heavy atom. The van der Waals surface area contributed by atoms with Crippen molar-refractivity contribution in [2.75, 3.05) is 42.5 Å². The summed E-state index contributed by atoms with van der Waals surface area (Å²) in [4.78, 5) is 30.1. The lowest BCUT2D eigenvalue weighted by molar-refractivity contribution is -0.130. The van der Waals surface area contributed by atoms with E-state index in [1.807, 2.05) is 40.1 Å². The summed E-state index contributed by atoms with van der Waals surface area (Å²) in [5.41, 5.74) is 1.90. The molecule has 2 saturated heterocycles. The molecule has 10 heteroatoms. The Morgan fingerprint density at radius 1 is 1.09 bits per heavy atom. The van der Waals surface area contributed by atoms with Crippen LogP contribution in [0.15, 0.2) is 60.9 Å². The Bertz CT molecular complexity index is 1150. The Labute approximate surface area is 196 Å². The number of cyclic esters (lactones) is 1. The largest absolute Gasteiger partial charge is 0.442 e. The van der Waals surface area contributed by atoms with Crippen molar-refractivity contribution >= 4 is 23.4 Å². The van der Waals surface area contributed by atoms with Gasteiger partial charge in [-0.05, 0) is 23.8 Å². The molecule has 3 heterocycles. The van der Waals surface area contributed by atoms with E-state index in [1.54, 1.807) is 29.2 Å². The lowest BCUT2D eigenvalue weighted by Gasteiger charge is -2.36. The summed E-state index contributed by atoms with van der Waals surface area (Å²) in [6.07, 6.45) is 2.72. The van der Waals surface area contributed by atoms with E-state index in [2.05, 4.69) is 10.3 Å². The summed E-state index contributed by atoms with van der Waals surface area (Å²) in [6.45, 7) is 2.85. The number of carbonyl (C=O) groups is 2. The van der Waals surface area contributed by atoms with E-state index in [-0.39, 0.29) is 5.91 Å². The lowest BCUT2D eigenvalue weighted by Crippen LogP contribution is -2.49. The van der Waals surface area contributed by atoms with Gasteiger partial charge in [-0.3, -0.25) is 9.69 Å². The highest BCUT2D eigenvalue weighted by Crippen LogP contribution is 2.29. The fourth-order valence-electron chi connectivity index (χ4n) is 4.37. The zero-order valence-corrected chi connectivity index (χ0v) is 18.6. The molecule has 3 aromatic rings. The standard InChI is InChI=1S/C24H25FN6O3/c25-21-15-19(31-17-20(34-24(31)33)16-30-9-8-26-27-30)6-7-22(21)28-10-12-29(13-11-28)23(32)14-18-4-2-1-3-5-18/h1-9,15,20H,10-14,16-17H2/t20-/m0/s1. The number of nitrogens with zero attached hydrogens (tertiary/aromatic N) is 6. The van der Waals surface area contributed by atoms with Gasteiger partial charge in [-0.2, -0.15) is 0 Å². The van der Waals surface area contributed by atoms with Gasteiger partial charge in [-0.15, -0.1) is 5.10 Å². The van der Waals surface area contributed by atoms with Crippen molar-refractivity contribution in [2.45, 2.75) is 19.1 Å². The van der Waals surface area contributed by atoms with Gasteiger partial charge in [0.25, 0.3) is 0 Å². The van der Waals surface area contributed by atoms with Gasteiger partial charge in [-0.25, -0.2) is 13.9 Å². The first-order chi connectivity index (χ1) is 16.6. The molecule has 176 valence electrons. The SMILES string of the molecule is O=C(Cc1ccccc1)N1CCN(c2ccc(N3C[C@H](Cn4ccnn4)OC3=O)cc2F)CC1. The van der Waals surface area contributed by atoms with Gasteiger partial charge in [-0.1, -0.05) is 35.5 Å². The minimum absolute atomic E-state index is 0.0784. The number of anilines is 2. The third kappa shape index (κ3) is 4.70. The summed E-state index contributed by atoms with van der Waals surface area (Å²) in [5.74, 6) is -0.330. The van der Waals surface area contributed by atoms with Crippen LogP contribution in [0.2, 0.25) is 0 Å². The van der Waals surface area contributed by atoms with E-state index in [0.717, 1.165) is 5.56 Å². The Hall–Kier alpha value is -3.95. The number of ether oxygens (including phenoxy) is 1. The van der Waals surface area contributed by atoms with E-state index in [9.17, 15) is 9.59 Å². The van der Waals surface area contributed by atoms with E-state index in [0.29, 0.717) is 57.1 Å². The van der Waals surface area contributed by atoms with Crippen molar-refractivity contribution in [2.24, 2.45) is 0 Å². The zero-order valence-electron chi connectivity index (χ0n) is 18.6. The number of rotatable bonds is 6. The third-order valence-corrected chi connectivity index (χ3v) is 6.15. The normalized spacial score (nSPS) is 18.3. The fraction of sp³-hybridized carbons (Fsp3) is 0.333. The van der Waals surface area contributed by atoms with E-state index >= 15 is 4.39 Å². The third-order valence-electron chi connectivity index (χ3n) is 6.15. The van der Waals surface area contributed by atoms with Crippen LogP contribution in [0.4, 0.5) is 20.6 Å². The molecule has 0 aliphatic carbocycles. The Kier molecular flexibility index (Phi) is 6.11. The van der Waals surface area contributed by atoms with Gasteiger partial charge >= 0.3 is 6.09 Å². The molecule has 9 nitrogen and oxygen atoms in total. The summed E-state index contributed by atoms with van der Waals surface area (Å²) in [5, 5.41) is 7.63. The molecule has 0 saturated carbocycles. The predicted octanol–water partition coefficient (Wildman–Crippen LogP) is 2.33. The van der Waals surface area contributed by atoms with Crippen molar-refractivity contribution in [3.05, 3.63) is 72.3 Å². The second-order valence-corrected chi connectivity index (χ2v) is 8.41. The molecule has 34 heavy (non-hydrogen) atoms. The minimum atomic E-state index is -0.511. The number of benzene rings is 2. The van der Waals surface area contributed by atoms with Crippen molar-refractivity contribution in [3.63, 3.8) is 0 Å². The smallest absolute Gasteiger partial charge is 0.414 e. The Morgan fingerprint density at radius 3 is 2.59 bits per heavy atom. The van der Waals surface area contributed by atoms with Gasteiger partial charge in [0.2, 0.25) is 5.91 Å². The summed E-state index contributed by atoms with van der Waals surface area (Å²) < 4.78 is 22.0. The predicted molar refractivity (Wildman–Crippen MR) is 123 cm³/mol. The molecule has 0 N–H and O–H groups in total. The van der Waals surface area contributed by atoms with E-state index < -0.39 is 18.0 Å². The van der Waals surface area contributed by atoms with Crippen LogP contribution in [0.25, 0.3) is 0 Å². The lowest BCUT2D eigenvalue weighted by atomic mass is 10.1. The molecule has 2 amide bonds. The van der Waals surface area contributed by atoms with Gasteiger partial charge in [0.05, 0.1) is 37.1 Å². The maximum absolute atomic E-state index is 15.0. The van der Waals surface area contributed by atoms with Crippen molar-refractivity contribution in [3.8, 4) is 0 Å². The highest BCUT2D eigenvalue weighted by molar-refractivity contribution is 5.90. The molecule has 5 rings (SSSR count). The van der Waals surface area contributed by atoms with Gasteiger partial charge in [0, 0.05) is 32.4 Å². The van der Waals surface area contributed by atoms with Crippen LogP contribution in [-0.2, 0) is 22.5 Å². The topological polar surface area (TPSA) is 83.8 Å². The number of hydrogen-bond donors (Lipinski definition) is 0. The van der Waals surface area contributed by atoms with Crippen molar-refractivity contribution in [1.29, 1.82) is 0 Å². The van der Waals surface area contributed by atoms with Crippen LogP contribution in [0, 0.1) is 5.82 Å². The molecule has 0 bridgehead atoms. The van der Waals surface area contributed by atoms with Crippen LogP contribution >= 0.6 is 0 Å². The average Bonchev–Trinajstić information content (AvgIpc) is 3.49. The summed E-state index contributed by atoms with van der Waals surface area (Å²) in [7, 11) is 0. The van der Waals surface area contributed by atoms with E-state index in [4.69, 9.17) is 4.74 Å². The van der Waals surface area contributed by atoms with Crippen LogP contribution in [0.1, 0.15) is 5.56 Å². The second-order valence-electron chi connectivity index (χ2n) is 8.41. The highest BCUT2D eigenvalue weighted by atomic mass is 19.1. The number of amides is 2. The molecule has 2 aromatic carbocycles. The monoisotopic (exact) mass is 464 g/mol. The summed E-state index contributed by atoms with van der Waals surface area (Å²) in [6, 6.07) is 14.4. The molecular weight excluding hydrogens is 439 g/mol. The first kappa shape index (κ1) is 21.9. The van der Waals surface area contributed by atoms with Crippen LogP contribution in [-0.4, -0.2) is 70.7 Å². The maximum Gasteiger partial charge on any atom is 0.414 e. The van der Waals surface area contributed by atoms with Gasteiger partial charge < -0.3 is 14.5 Å².